The number of carbonyl (C=O) groups is 1. The smallest absolute Gasteiger partial charge is 0.321 e. The van der Waals surface area contributed by atoms with Crippen LogP contribution in [0.3, 0.4) is 0 Å². The minimum atomic E-state index is -0.164. The monoisotopic (exact) mass is 300 g/mol. The molecular weight excluding hydrogens is 280 g/mol. The van der Waals surface area contributed by atoms with E-state index in [-0.39, 0.29) is 12.1 Å². The van der Waals surface area contributed by atoms with Crippen molar-refractivity contribution < 1.29 is 4.79 Å². The van der Waals surface area contributed by atoms with Crippen molar-refractivity contribution in [2.45, 2.75) is 50.8 Å². The summed E-state index contributed by atoms with van der Waals surface area (Å²) in [6, 6.07) is 0.120. The van der Waals surface area contributed by atoms with Crippen LogP contribution in [0.1, 0.15) is 37.6 Å². The van der Waals surface area contributed by atoms with Crippen molar-refractivity contribution >= 4 is 34.3 Å². The van der Waals surface area contributed by atoms with Gasteiger partial charge in [-0.2, -0.15) is 11.8 Å². The van der Waals surface area contributed by atoms with E-state index in [9.17, 15) is 4.79 Å². The number of aromatic nitrogens is 2. The lowest BCUT2D eigenvalue weighted by molar-refractivity contribution is 0.244. The summed E-state index contributed by atoms with van der Waals surface area (Å²) >= 11 is 3.39. The van der Waals surface area contributed by atoms with Gasteiger partial charge in [-0.3, -0.25) is 5.32 Å². The molecule has 1 aromatic heterocycles. The Labute approximate surface area is 122 Å². The molecule has 1 aromatic rings. The number of amides is 2. The molecule has 1 aliphatic rings. The molecule has 1 fully saturated rings. The molecule has 0 aliphatic heterocycles. The first-order chi connectivity index (χ1) is 9.17. The van der Waals surface area contributed by atoms with Gasteiger partial charge in [0.1, 0.15) is 5.01 Å². The molecule has 0 saturated heterocycles. The fourth-order valence-electron chi connectivity index (χ4n) is 2.33. The van der Waals surface area contributed by atoms with Gasteiger partial charge in [-0.25, -0.2) is 4.79 Å². The molecule has 1 saturated carbocycles. The summed E-state index contributed by atoms with van der Waals surface area (Å²) in [5, 5.41) is 15.6. The van der Waals surface area contributed by atoms with E-state index in [2.05, 4.69) is 27.8 Å². The van der Waals surface area contributed by atoms with E-state index >= 15 is 0 Å². The number of nitrogens with one attached hydrogen (secondary N) is 2. The summed E-state index contributed by atoms with van der Waals surface area (Å²) < 4.78 is 0. The van der Waals surface area contributed by atoms with Gasteiger partial charge < -0.3 is 5.32 Å². The van der Waals surface area contributed by atoms with Crippen molar-refractivity contribution in [3.8, 4) is 0 Å². The molecule has 0 radical (unpaired) electrons. The molecule has 5 nitrogen and oxygen atoms in total. The van der Waals surface area contributed by atoms with Crippen LogP contribution in [0.25, 0.3) is 0 Å². The lowest BCUT2D eigenvalue weighted by atomic mass is 9.95. The second-order valence-electron chi connectivity index (χ2n) is 4.67. The third-order valence-electron chi connectivity index (χ3n) is 3.11. The maximum Gasteiger partial charge on any atom is 0.321 e. The first-order valence-electron chi connectivity index (χ1n) is 6.66. The Morgan fingerprint density at radius 2 is 2.32 bits per heavy atom. The van der Waals surface area contributed by atoms with E-state index < -0.39 is 0 Å². The molecule has 7 heteroatoms. The van der Waals surface area contributed by atoms with E-state index in [4.69, 9.17) is 0 Å². The molecule has 0 spiro atoms. The highest BCUT2D eigenvalue weighted by atomic mass is 32.2. The van der Waals surface area contributed by atoms with Crippen LogP contribution in [-0.4, -0.2) is 33.3 Å². The number of carbonyl (C=O) groups excluding carboxylic acids is 1. The van der Waals surface area contributed by atoms with Crippen LogP contribution in [0.4, 0.5) is 9.93 Å². The Hall–Kier alpha value is -0.820. The highest BCUT2D eigenvalue weighted by Gasteiger charge is 2.23. The Kier molecular flexibility index (Phi) is 5.45. The summed E-state index contributed by atoms with van der Waals surface area (Å²) in [5.41, 5.74) is 0. The molecule has 19 heavy (non-hydrogen) atoms. The van der Waals surface area contributed by atoms with Gasteiger partial charge in [0.15, 0.2) is 0 Å². The predicted molar refractivity (Wildman–Crippen MR) is 81.0 cm³/mol. The average Bonchev–Trinajstić information content (AvgIpc) is 2.75. The number of aryl methyl sites for hydroxylation is 1. The van der Waals surface area contributed by atoms with Gasteiger partial charge in [0.05, 0.1) is 0 Å². The van der Waals surface area contributed by atoms with Gasteiger partial charge >= 0.3 is 6.03 Å². The van der Waals surface area contributed by atoms with Crippen molar-refractivity contribution in [3.63, 3.8) is 0 Å². The predicted octanol–water partition coefficient (Wildman–Crippen LogP) is 3.03. The van der Waals surface area contributed by atoms with Crippen LogP contribution in [0, 0.1) is 6.92 Å². The van der Waals surface area contributed by atoms with E-state index in [0.717, 1.165) is 23.6 Å². The van der Waals surface area contributed by atoms with Crippen molar-refractivity contribution in [2.75, 3.05) is 11.1 Å². The zero-order valence-electron chi connectivity index (χ0n) is 11.3. The Balaban J connectivity index is 1.78. The minimum absolute atomic E-state index is 0.164. The Bertz CT molecular complexity index is 422. The molecule has 2 N–H and O–H groups in total. The van der Waals surface area contributed by atoms with Gasteiger partial charge in [0.2, 0.25) is 5.13 Å². The second kappa shape index (κ2) is 7.09. The van der Waals surface area contributed by atoms with Crippen molar-refractivity contribution in [2.24, 2.45) is 0 Å². The van der Waals surface area contributed by atoms with Gasteiger partial charge in [0.25, 0.3) is 0 Å². The van der Waals surface area contributed by atoms with Gasteiger partial charge in [-0.05, 0) is 31.9 Å². The Morgan fingerprint density at radius 3 is 3.00 bits per heavy atom. The Morgan fingerprint density at radius 1 is 1.47 bits per heavy atom. The molecule has 1 heterocycles. The summed E-state index contributed by atoms with van der Waals surface area (Å²) in [6.45, 7) is 4.06. The van der Waals surface area contributed by atoms with Gasteiger partial charge in [-0.1, -0.05) is 24.7 Å². The molecule has 0 aromatic carbocycles. The highest BCUT2D eigenvalue weighted by Crippen LogP contribution is 2.28. The third-order valence-corrected chi connectivity index (χ3v) is 5.10. The number of thioether (sulfide) groups is 1. The van der Waals surface area contributed by atoms with Gasteiger partial charge in [-0.15, -0.1) is 10.2 Å². The summed E-state index contributed by atoms with van der Waals surface area (Å²) in [4.78, 5) is 11.9. The van der Waals surface area contributed by atoms with Gasteiger partial charge in [0, 0.05) is 11.3 Å². The minimum Gasteiger partial charge on any atom is -0.335 e. The maximum atomic E-state index is 11.9. The summed E-state index contributed by atoms with van der Waals surface area (Å²) in [7, 11) is 0. The van der Waals surface area contributed by atoms with Crippen molar-refractivity contribution in [1.29, 1.82) is 0 Å². The SMILES string of the molecule is CCS[C@@H]1CCC[C@@H](NC(=O)Nc2nnc(C)s2)C1. The molecule has 2 atom stereocenters. The summed E-state index contributed by atoms with van der Waals surface area (Å²) in [5.74, 6) is 1.15. The zero-order valence-corrected chi connectivity index (χ0v) is 12.9. The molecule has 1 aliphatic carbocycles. The van der Waals surface area contributed by atoms with E-state index in [1.54, 1.807) is 0 Å². The molecule has 2 rings (SSSR count). The molecule has 0 unspecified atom stereocenters. The second-order valence-corrected chi connectivity index (χ2v) is 7.42. The standard InChI is InChI=1S/C12H20N4OS2/c1-3-18-10-6-4-5-9(7-10)13-11(17)14-12-16-15-8(2)19-12/h9-10H,3-7H2,1-2H3,(H2,13,14,16,17)/t9-,10-/m1/s1. The number of rotatable bonds is 4. The van der Waals surface area contributed by atoms with Crippen LogP contribution < -0.4 is 10.6 Å². The van der Waals surface area contributed by atoms with Crippen molar-refractivity contribution in [3.05, 3.63) is 5.01 Å². The first kappa shape index (κ1) is 14.6. The number of anilines is 1. The quantitative estimate of drug-likeness (QED) is 0.897. The number of urea groups is 1. The van der Waals surface area contributed by atoms with Crippen LogP contribution in [0.2, 0.25) is 0 Å². The molecular formula is C12H20N4OS2. The fraction of sp³-hybridized carbons (Fsp3) is 0.750. The van der Waals surface area contributed by atoms with Crippen LogP contribution in [0.15, 0.2) is 0 Å². The largest absolute Gasteiger partial charge is 0.335 e. The number of hydrogen-bond acceptors (Lipinski definition) is 5. The number of hydrogen-bond donors (Lipinski definition) is 2. The van der Waals surface area contributed by atoms with E-state index in [0.29, 0.717) is 10.4 Å². The average molecular weight is 300 g/mol. The fourth-order valence-corrected chi connectivity index (χ4v) is 4.09. The number of nitrogens with zero attached hydrogens (tertiary/aromatic N) is 2. The normalized spacial score (nSPS) is 23.1. The maximum absolute atomic E-state index is 11.9. The molecule has 0 bridgehead atoms. The van der Waals surface area contributed by atoms with Crippen LogP contribution in [0.5, 0.6) is 0 Å². The topological polar surface area (TPSA) is 66.9 Å². The third kappa shape index (κ3) is 4.65. The van der Waals surface area contributed by atoms with Crippen LogP contribution in [-0.2, 0) is 0 Å². The van der Waals surface area contributed by atoms with E-state index in [1.165, 1.54) is 24.2 Å². The molecule has 106 valence electrons. The van der Waals surface area contributed by atoms with E-state index in [1.807, 2.05) is 18.7 Å². The van der Waals surface area contributed by atoms with Crippen LogP contribution >= 0.6 is 23.1 Å². The first-order valence-corrected chi connectivity index (χ1v) is 8.53. The summed E-state index contributed by atoms with van der Waals surface area (Å²) in [6.07, 6.45) is 4.61. The zero-order chi connectivity index (χ0) is 13.7. The molecule has 2 amide bonds. The van der Waals surface area contributed by atoms with Crippen molar-refractivity contribution in [1.82, 2.24) is 15.5 Å². The lowest BCUT2D eigenvalue weighted by Gasteiger charge is -2.29. The lowest BCUT2D eigenvalue weighted by Crippen LogP contribution is -2.41. The highest BCUT2D eigenvalue weighted by molar-refractivity contribution is 7.99.